The number of hydrogen-bond acceptors (Lipinski definition) is 4. The van der Waals surface area contributed by atoms with Gasteiger partial charge in [0.25, 0.3) is 0 Å². The van der Waals surface area contributed by atoms with E-state index in [0.717, 1.165) is 32.6 Å². The van der Waals surface area contributed by atoms with Crippen LogP contribution in [0.4, 0.5) is 5.69 Å². The summed E-state index contributed by atoms with van der Waals surface area (Å²) in [4.78, 5) is 16.9. The van der Waals surface area contributed by atoms with E-state index in [9.17, 15) is 9.90 Å². The van der Waals surface area contributed by atoms with E-state index in [0.29, 0.717) is 20.5 Å². The number of aromatic hydroxyl groups is 1. The van der Waals surface area contributed by atoms with E-state index in [2.05, 4.69) is 20.9 Å². The summed E-state index contributed by atoms with van der Waals surface area (Å²) in [5.41, 5.74) is 3.20. The third kappa shape index (κ3) is 3.50. The van der Waals surface area contributed by atoms with E-state index in [1.54, 1.807) is 30.5 Å². The molecule has 0 aliphatic carbocycles. The Kier molecular flexibility index (Phi) is 4.99. The molecule has 0 amide bonds. The lowest BCUT2D eigenvalue weighted by molar-refractivity contribution is 0.420. The first-order chi connectivity index (χ1) is 12.9. The van der Waals surface area contributed by atoms with Crippen LogP contribution >= 0.6 is 50.5 Å². The van der Waals surface area contributed by atoms with Gasteiger partial charge in [-0.2, -0.15) is 0 Å². The Morgan fingerprint density at radius 2 is 1.96 bits per heavy atom. The van der Waals surface area contributed by atoms with Gasteiger partial charge >= 0.3 is 4.87 Å². The van der Waals surface area contributed by atoms with Gasteiger partial charge in [0.1, 0.15) is 0 Å². The second kappa shape index (κ2) is 7.28. The molecule has 1 aliphatic heterocycles. The van der Waals surface area contributed by atoms with Crippen LogP contribution in [0.25, 0.3) is 11.6 Å². The molecule has 1 aliphatic rings. The van der Waals surface area contributed by atoms with Gasteiger partial charge in [0.15, 0.2) is 0 Å². The fourth-order valence-electron chi connectivity index (χ4n) is 2.81. The highest BCUT2D eigenvalue weighted by molar-refractivity contribution is 9.10. The maximum Gasteiger partial charge on any atom is 0.310 e. The van der Waals surface area contributed by atoms with Crippen LogP contribution in [-0.4, -0.2) is 15.9 Å². The maximum atomic E-state index is 12.4. The highest BCUT2D eigenvalue weighted by atomic mass is 79.9. The van der Waals surface area contributed by atoms with Gasteiger partial charge < -0.3 is 5.11 Å². The second-order valence-corrected chi connectivity index (χ2v) is 8.58. The Morgan fingerprint density at radius 1 is 1.22 bits per heavy atom. The van der Waals surface area contributed by atoms with Crippen LogP contribution in [0.15, 0.2) is 50.7 Å². The third-order valence-electron chi connectivity index (χ3n) is 4.17. The van der Waals surface area contributed by atoms with Crippen LogP contribution in [0.2, 0.25) is 10.0 Å². The largest absolute Gasteiger partial charge is 0.493 e. The quantitative estimate of drug-likeness (QED) is 0.499. The SMILES string of the molecule is O=c1sc(C=C2C=Nc3ccc(Br)cc32)c(O)n1Cc1c(Cl)cccc1Cl. The highest BCUT2D eigenvalue weighted by Crippen LogP contribution is 2.36. The Bertz CT molecular complexity index is 1160. The molecule has 1 aromatic heterocycles. The van der Waals surface area contributed by atoms with Gasteiger partial charge in [-0.3, -0.25) is 14.4 Å². The lowest BCUT2D eigenvalue weighted by Crippen LogP contribution is -2.13. The summed E-state index contributed by atoms with van der Waals surface area (Å²) in [6, 6.07) is 10.9. The lowest BCUT2D eigenvalue weighted by atomic mass is 10.1. The average Bonchev–Trinajstić information content (AvgIpc) is 3.13. The van der Waals surface area contributed by atoms with Gasteiger partial charge in [-0.15, -0.1) is 0 Å². The zero-order valence-electron chi connectivity index (χ0n) is 13.6. The van der Waals surface area contributed by atoms with Crippen molar-refractivity contribution in [3.8, 4) is 5.88 Å². The molecule has 3 aromatic rings. The average molecular weight is 482 g/mol. The fourth-order valence-corrected chi connectivity index (χ4v) is 4.52. The summed E-state index contributed by atoms with van der Waals surface area (Å²) >= 11 is 16.8. The molecule has 27 heavy (non-hydrogen) atoms. The van der Waals surface area contributed by atoms with Gasteiger partial charge in [-0.05, 0) is 36.4 Å². The molecule has 4 nitrogen and oxygen atoms in total. The minimum absolute atomic E-state index is 0.0963. The van der Waals surface area contributed by atoms with Crippen molar-refractivity contribution < 1.29 is 5.11 Å². The molecule has 0 spiro atoms. The van der Waals surface area contributed by atoms with E-state index in [-0.39, 0.29) is 17.3 Å². The lowest BCUT2D eigenvalue weighted by Gasteiger charge is -2.08. The number of fused-ring (bicyclic) bond motifs is 1. The normalized spacial score (nSPS) is 14.1. The number of rotatable bonds is 3. The molecule has 0 bridgehead atoms. The Labute approximate surface area is 177 Å². The van der Waals surface area contributed by atoms with Crippen molar-refractivity contribution in [1.82, 2.24) is 4.57 Å². The number of hydrogen-bond donors (Lipinski definition) is 1. The van der Waals surface area contributed by atoms with Gasteiger partial charge in [0.2, 0.25) is 5.88 Å². The van der Waals surface area contributed by atoms with Crippen molar-refractivity contribution in [2.24, 2.45) is 4.99 Å². The number of allylic oxidation sites excluding steroid dienone is 1. The van der Waals surface area contributed by atoms with Crippen molar-refractivity contribution in [2.75, 3.05) is 0 Å². The molecular formula is C19H11BrCl2N2O2S. The minimum Gasteiger partial charge on any atom is -0.493 e. The predicted molar refractivity (Wildman–Crippen MR) is 116 cm³/mol. The van der Waals surface area contributed by atoms with E-state index < -0.39 is 0 Å². The number of nitrogens with zero attached hydrogens (tertiary/aromatic N) is 2. The zero-order chi connectivity index (χ0) is 19.1. The van der Waals surface area contributed by atoms with Crippen LogP contribution < -0.4 is 4.87 Å². The maximum absolute atomic E-state index is 12.4. The Balaban J connectivity index is 1.74. The van der Waals surface area contributed by atoms with Crippen molar-refractivity contribution in [1.29, 1.82) is 0 Å². The van der Waals surface area contributed by atoms with Gasteiger partial charge in [0.05, 0.1) is 17.1 Å². The molecule has 0 saturated heterocycles. The van der Waals surface area contributed by atoms with Crippen LogP contribution in [0.3, 0.4) is 0 Å². The first-order valence-electron chi connectivity index (χ1n) is 7.85. The van der Waals surface area contributed by atoms with Crippen molar-refractivity contribution in [3.05, 3.63) is 76.6 Å². The van der Waals surface area contributed by atoms with Crippen LogP contribution in [-0.2, 0) is 6.54 Å². The molecule has 0 radical (unpaired) electrons. The van der Waals surface area contributed by atoms with Crippen molar-refractivity contribution >= 4 is 74.0 Å². The van der Waals surface area contributed by atoms with Crippen LogP contribution in [0, 0.1) is 0 Å². The molecule has 2 heterocycles. The van der Waals surface area contributed by atoms with Gasteiger partial charge in [0, 0.05) is 37.4 Å². The standard InChI is InChI=1S/C19H11BrCl2N2O2S/c20-11-4-5-16-12(7-11)10(8-23-16)6-17-18(25)24(19(26)27-17)9-13-14(21)2-1-3-15(13)22/h1-8,25H,9H2. The molecule has 0 unspecified atom stereocenters. The summed E-state index contributed by atoms with van der Waals surface area (Å²) < 4.78 is 2.19. The van der Waals surface area contributed by atoms with E-state index >= 15 is 0 Å². The molecule has 2 aromatic carbocycles. The predicted octanol–water partition coefficient (Wildman–Crippen LogP) is 5.99. The number of thiazole rings is 1. The third-order valence-corrected chi connectivity index (χ3v) is 6.29. The molecule has 0 fully saturated rings. The molecule has 4 rings (SSSR count). The van der Waals surface area contributed by atoms with E-state index in [1.807, 2.05) is 18.2 Å². The van der Waals surface area contributed by atoms with Gasteiger partial charge in [-0.1, -0.05) is 56.5 Å². The van der Waals surface area contributed by atoms with Gasteiger partial charge in [-0.25, -0.2) is 0 Å². The molecule has 1 N–H and O–H groups in total. The van der Waals surface area contributed by atoms with Crippen LogP contribution in [0.5, 0.6) is 5.88 Å². The number of aliphatic imine (C=N–C) groups is 1. The highest BCUT2D eigenvalue weighted by Gasteiger charge is 2.18. The molecule has 0 atom stereocenters. The summed E-state index contributed by atoms with van der Waals surface area (Å²) in [7, 11) is 0. The summed E-state index contributed by atoms with van der Waals surface area (Å²) in [6.45, 7) is 0.0963. The first-order valence-corrected chi connectivity index (χ1v) is 10.2. The zero-order valence-corrected chi connectivity index (χ0v) is 17.5. The second-order valence-electron chi connectivity index (χ2n) is 5.86. The minimum atomic E-state index is -0.292. The first kappa shape index (κ1) is 18.5. The molecular weight excluding hydrogens is 471 g/mol. The fraction of sp³-hybridized carbons (Fsp3) is 0.0526. The summed E-state index contributed by atoms with van der Waals surface area (Å²) in [5.74, 6) is -0.120. The monoisotopic (exact) mass is 480 g/mol. The van der Waals surface area contributed by atoms with E-state index in [1.165, 1.54) is 4.57 Å². The number of halogens is 3. The summed E-state index contributed by atoms with van der Waals surface area (Å²) in [6.07, 6.45) is 3.48. The van der Waals surface area contributed by atoms with Crippen molar-refractivity contribution in [2.45, 2.75) is 6.54 Å². The Hall–Kier alpha value is -1.86. The van der Waals surface area contributed by atoms with E-state index in [4.69, 9.17) is 23.2 Å². The van der Waals surface area contributed by atoms with Crippen LogP contribution in [0.1, 0.15) is 16.0 Å². The molecule has 0 saturated carbocycles. The summed E-state index contributed by atoms with van der Waals surface area (Å²) in [5, 5.41) is 11.5. The Morgan fingerprint density at radius 3 is 2.70 bits per heavy atom. The smallest absolute Gasteiger partial charge is 0.310 e. The number of aromatic nitrogens is 1. The van der Waals surface area contributed by atoms with Crippen molar-refractivity contribution in [3.63, 3.8) is 0 Å². The molecule has 136 valence electrons. The molecule has 8 heteroatoms. The topological polar surface area (TPSA) is 54.6 Å². The number of benzene rings is 2.